The van der Waals surface area contributed by atoms with E-state index in [4.69, 9.17) is 4.74 Å². The van der Waals surface area contributed by atoms with Crippen molar-refractivity contribution < 1.29 is 14.3 Å². The first kappa shape index (κ1) is 24.2. The van der Waals surface area contributed by atoms with E-state index in [1.165, 1.54) is 11.8 Å². The molecular weight excluding hydrogens is 460 g/mol. The van der Waals surface area contributed by atoms with Gasteiger partial charge in [0, 0.05) is 16.9 Å². The molecule has 0 aliphatic carbocycles. The van der Waals surface area contributed by atoms with Crippen LogP contribution < -0.4 is 5.32 Å². The molecule has 35 heavy (non-hydrogen) atoms. The molecule has 0 fully saturated rings. The molecule has 1 aromatic heterocycles. The summed E-state index contributed by atoms with van der Waals surface area (Å²) in [6.45, 7) is 5.61. The molecule has 4 rings (SSSR count). The number of aromatic nitrogens is 3. The maximum absolute atomic E-state index is 12.7. The second-order valence-electron chi connectivity index (χ2n) is 8.22. The van der Waals surface area contributed by atoms with Crippen molar-refractivity contribution in [2.45, 2.75) is 32.0 Å². The Morgan fingerprint density at radius 3 is 2.49 bits per heavy atom. The number of carbonyl (C=O) groups excluding carboxylic acids is 2. The number of rotatable bonds is 8. The lowest BCUT2D eigenvalue weighted by Gasteiger charge is -2.11. The normalized spacial score (nSPS) is 10.9. The monoisotopic (exact) mass is 486 g/mol. The standard InChI is InChI=1S/C27H26N4O3S/c1-18(2)34-26(33)21-11-8-12-22(16-21)28-24(32)17-35-27-30-29-25(20-10-7-9-19(3)15-20)31(27)23-13-5-4-6-14-23/h4-16,18H,17H2,1-3H3,(H,28,32). The van der Waals surface area contributed by atoms with Gasteiger partial charge in [0.25, 0.3) is 0 Å². The van der Waals surface area contributed by atoms with E-state index in [1.807, 2.05) is 60.0 Å². The van der Waals surface area contributed by atoms with Crippen molar-refractivity contribution >= 4 is 29.3 Å². The summed E-state index contributed by atoms with van der Waals surface area (Å²) in [5.41, 5.74) is 3.89. The molecule has 0 saturated carbocycles. The highest BCUT2D eigenvalue weighted by atomic mass is 32.2. The first-order chi connectivity index (χ1) is 16.9. The quantitative estimate of drug-likeness (QED) is 0.260. The molecule has 0 bridgehead atoms. The summed E-state index contributed by atoms with van der Waals surface area (Å²) >= 11 is 1.29. The van der Waals surface area contributed by atoms with E-state index in [0.29, 0.717) is 22.2 Å². The Morgan fingerprint density at radius 2 is 1.74 bits per heavy atom. The van der Waals surface area contributed by atoms with Crippen LogP contribution in [0.5, 0.6) is 0 Å². The average Bonchev–Trinajstić information content (AvgIpc) is 3.27. The topological polar surface area (TPSA) is 86.1 Å². The van der Waals surface area contributed by atoms with Crippen LogP contribution in [-0.2, 0) is 9.53 Å². The molecule has 0 saturated heterocycles. The van der Waals surface area contributed by atoms with Crippen LogP contribution in [0.2, 0.25) is 0 Å². The zero-order valence-electron chi connectivity index (χ0n) is 19.8. The number of carbonyl (C=O) groups is 2. The fraction of sp³-hybridized carbons (Fsp3) is 0.185. The van der Waals surface area contributed by atoms with Crippen LogP contribution >= 0.6 is 11.8 Å². The highest BCUT2D eigenvalue weighted by Gasteiger charge is 2.18. The van der Waals surface area contributed by atoms with Crippen LogP contribution in [0.15, 0.2) is 84.0 Å². The lowest BCUT2D eigenvalue weighted by molar-refractivity contribution is -0.113. The summed E-state index contributed by atoms with van der Waals surface area (Å²) in [5.74, 6) is 0.188. The van der Waals surface area contributed by atoms with Crippen LogP contribution in [-0.4, -0.2) is 38.5 Å². The van der Waals surface area contributed by atoms with Crippen molar-refractivity contribution in [3.05, 3.63) is 90.0 Å². The number of thioether (sulfide) groups is 1. The molecule has 0 unspecified atom stereocenters. The number of ether oxygens (including phenoxy) is 1. The van der Waals surface area contributed by atoms with Crippen molar-refractivity contribution in [2.75, 3.05) is 11.1 Å². The maximum atomic E-state index is 12.7. The highest BCUT2D eigenvalue weighted by Crippen LogP contribution is 2.28. The summed E-state index contributed by atoms with van der Waals surface area (Å²) in [6.07, 6.45) is -0.219. The van der Waals surface area contributed by atoms with E-state index < -0.39 is 5.97 Å². The number of esters is 1. The highest BCUT2D eigenvalue weighted by molar-refractivity contribution is 7.99. The molecular formula is C27H26N4O3S. The summed E-state index contributed by atoms with van der Waals surface area (Å²) in [6, 6.07) is 24.6. The molecule has 7 nitrogen and oxygen atoms in total. The van der Waals surface area contributed by atoms with Gasteiger partial charge in [-0.1, -0.05) is 59.8 Å². The van der Waals surface area contributed by atoms with E-state index in [1.54, 1.807) is 38.1 Å². The minimum Gasteiger partial charge on any atom is -0.459 e. The number of nitrogens with zero attached hydrogens (tertiary/aromatic N) is 3. The molecule has 8 heteroatoms. The summed E-state index contributed by atoms with van der Waals surface area (Å²) in [7, 11) is 0. The SMILES string of the molecule is Cc1cccc(-c2nnc(SCC(=O)Nc3cccc(C(=O)OC(C)C)c3)n2-c2ccccc2)c1. The van der Waals surface area contributed by atoms with Gasteiger partial charge in [-0.25, -0.2) is 4.79 Å². The van der Waals surface area contributed by atoms with Crippen LogP contribution in [0.25, 0.3) is 17.1 Å². The van der Waals surface area contributed by atoms with Gasteiger partial charge in [-0.05, 0) is 57.2 Å². The molecule has 0 radical (unpaired) electrons. The number of nitrogens with one attached hydrogen (secondary N) is 1. The third-order valence-electron chi connectivity index (χ3n) is 4.98. The summed E-state index contributed by atoms with van der Waals surface area (Å²) in [5, 5.41) is 12.3. The molecule has 178 valence electrons. The van der Waals surface area contributed by atoms with Crippen LogP contribution in [0.3, 0.4) is 0 Å². The van der Waals surface area contributed by atoms with E-state index in [-0.39, 0.29) is 17.8 Å². The molecule has 1 heterocycles. The Hall–Kier alpha value is -3.91. The van der Waals surface area contributed by atoms with E-state index in [9.17, 15) is 9.59 Å². The van der Waals surface area contributed by atoms with Gasteiger partial charge in [0.05, 0.1) is 17.4 Å². The number of aryl methyl sites for hydroxylation is 1. The van der Waals surface area contributed by atoms with Gasteiger partial charge in [0.15, 0.2) is 11.0 Å². The predicted molar refractivity (Wildman–Crippen MR) is 138 cm³/mol. The third kappa shape index (κ3) is 6.16. The van der Waals surface area contributed by atoms with Gasteiger partial charge in [0.2, 0.25) is 5.91 Å². The van der Waals surface area contributed by atoms with E-state index in [2.05, 4.69) is 21.6 Å². The summed E-state index contributed by atoms with van der Waals surface area (Å²) in [4.78, 5) is 24.9. The molecule has 0 aliphatic heterocycles. The zero-order chi connectivity index (χ0) is 24.8. The van der Waals surface area contributed by atoms with Crippen molar-refractivity contribution in [1.82, 2.24) is 14.8 Å². The molecule has 1 N–H and O–H groups in total. The van der Waals surface area contributed by atoms with Gasteiger partial charge in [0.1, 0.15) is 0 Å². The Bertz CT molecular complexity index is 1340. The van der Waals surface area contributed by atoms with Crippen molar-refractivity contribution in [1.29, 1.82) is 0 Å². The smallest absolute Gasteiger partial charge is 0.338 e. The first-order valence-corrected chi connectivity index (χ1v) is 12.2. The molecule has 0 atom stereocenters. The summed E-state index contributed by atoms with van der Waals surface area (Å²) < 4.78 is 7.18. The number of hydrogen-bond donors (Lipinski definition) is 1. The second-order valence-corrected chi connectivity index (χ2v) is 9.16. The Labute approximate surface area is 208 Å². The van der Waals surface area contributed by atoms with Crippen LogP contribution in [0.1, 0.15) is 29.8 Å². The van der Waals surface area contributed by atoms with Crippen molar-refractivity contribution in [3.8, 4) is 17.1 Å². The molecule has 1 amide bonds. The van der Waals surface area contributed by atoms with Gasteiger partial charge in [-0.3, -0.25) is 9.36 Å². The maximum Gasteiger partial charge on any atom is 0.338 e. The Kier molecular flexibility index (Phi) is 7.62. The van der Waals surface area contributed by atoms with E-state index in [0.717, 1.165) is 16.8 Å². The van der Waals surface area contributed by atoms with Gasteiger partial charge < -0.3 is 10.1 Å². The number of amides is 1. The Balaban J connectivity index is 1.51. The first-order valence-electron chi connectivity index (χ1n) is 11.2. The van der Waals surface area contributed by atoms with Gasteiger partial charge >= 0.3 is 5.97 Å². The fourth-order valence-electron chi connectivity index (χ4n) is 3.48. The van der Waals surface area contributed by atoms with Crippen LogP contribution in [0.4, 0.5) is 5.69 Å². The molecule has 3 aromatic carbocycles. The number of hydrogen-bond acceptors (Lipinski definition) is 6. The number of anilines is 1. The number of para-hydroxylation sites is 1. The zero-order valence-corrected chi connectivity index (χ0v) is 20.6. The van der Waals surface area contributed by atoms with Gasteiger partial charge in [-0.15, -0.1) is 10.2 Å². The minimum absolute atomic E-state index is 0.124. The minimum atomic E-state index is -0.426. The number of benzene rings is 3. The average molecular weight is 487 g/mol. The lowest BCUT2D eigenvalue weighted by Crippen LogP contribution is -2.16. The van der Waals surface area contributed by atoms with E-state index >= 15 is 0 Å². The lowest BCUT2D eigenvalue weighted by atomic mass is 10.1. The van der Waals surface area contributed by atoms with Crippen molar-refractivity contribution in [2.24, 2.45) is 0 Å². The van der Waals surface area contributed by atoms with Crippen LogP contribution in [0, 0.1) is 6.92 Å². The molecule has 4 aromatic rings. The molecule has 0 aliphatic rings. The largest absolute Gasteiger partial charge is 0.459 e. The fourth-order valence-corrected chi connectivity index (χ4v) is 4.23. The molecule has 0 spiro atoms. The second kappa shape index (κ2) is 11.0. The Morgan fingerprint density at radius 1 is 0.971 bits per heavy atom. The third-order valence-corrected chi connectivity index (χ3v) is 5.91. The predicted octanol–water partition coefficient (Wildman–Crippen LogP) is 5.54. The van der Waals surface area contributed by atoms with Crippen molar-refractivity contribution in [3.63, 3.8) is 0 Å². The van der Waals surface area contributed by atoms with Gasteiger partial charge in [-0.2, -0.15) is 0 Å².